The van der Waals surface area contributed by atoms with Gasteiger partial charge in [-0.2, -0.15) is 0 Å². The van der Waals surface area contributed by atoms with Gasteiger partial charge in [0.1, 0.15) is 0 Å². The number of hydrogen-bond acceptors (Lipinski definition) is 2. The Balaban J connectivity index is 2.04. The summed E-state index contributed by atoms with van der Waals surface area (Å²) >= 11 is 0. The first kappa shape index (κ1) is 6.92. The molecule has 1 unspecified atom stereocenters. The fraction of sp³-hybridized carbons (Fsp3) is 0.556. The van der Waals surface area contributed by atoms with Crippen LogP contribution in [0.5, 0.6) is 0 Å². The molecule has 2 nitrogen and oxygen atoms in total. The zero-order valence-electron chi connectivity index (χ0n) is 6.64. The molecule has 3 N–H and O–H groups in total. The predicted octanol–water partition coefficient (Wildman–Crippen LogP) is 0.911. The summed E-state index contributed by atoms with van der Waals surface area (Å²) in [5.74, 6) is 0. The molecule has 2 heteroatoms. The van der Waals surface area contributed by atoms with Crippen molar-refractivity contribution in [3.8, 4) is 0 Å². The molecule has 0 amide bonds. The molecule has 0 saturated heterocycles. The van der Waals surface area contributed by atoms with E-state index >= 15 is 0 Å². The van der Waals surface area contributed by atoms with Gasteiger partial charge in [-0.25, -0.2) is 0 Å². The maximum Gasteiger partial charge on any atom is 0.0353 e. The zero-order chi connectivity index (χ0) is 7.68. The minimum absolute atomic E-state index is 0.402. The normalized spacial score (nSPS) is 29.7. The van der Waals surface area contributed by atoms with E-state index in [1.807, 2.05) is 0 Å². The Morgan fingerprint density at radius 1 is 1.45 bits per heavy atom. The topological polar surface area (TPSA) is 38.0 Å². The van der Waals surface area contributed by atoms with Crippen molar-refractivity contribution in [2.45, 2.75) is 25.3 Å². The number of allylic oxidation sites excluding steroid dienone is 1. The molecule has 0 aromatic heterocycles. The van der Waals surface area contributed by atoms with E-state index in [0.717, 1.165) is 25.8 Å². The third-order valence-electron chi connectivity index (χ3n) is 2.40. The van der Waals surface area contributed by atoms with Gasteiger partial charge in [0, 0.05) is 18.3 Å². The summed E-state index contributed by atoms with van der Waals surface area (Å²) in [5, 5.41) is 3.28. The first-order valence-corrected chi connectivity index (χ1v) is 4.25. The van der Waals surface area contributed by atoms with E-state index in [4.69, 9.17) is 5.73 Å². The summed E-state index contributed by atoms with van der Waals surface area (Å²) in [6, 6.07) is 0.402. The Hall–Kier alpha value is -0.760. The first-order chi connectivity index (χ1) is 5.36. The average molecular weight is 150 g/mol. The van der Waals surface area contributed by atoms with Gasteiger partial charge >= 0.3 is 0 Å². The first-order valence-electron chi connectivity index (χ1n) is 4.25. The van der Waals surface area contributed by atoms with Gasteiger partial charge in [-0.05, 0) is 30.9 Å². The molecule has 1 aliphatic carbocycles. The smallest absolute Gasteiger partial charge is 0.0353 e. The van der Waals surface area contributed by atoms with Crippen LogP contribution in [0.3, 0.4) is 0 Å². The molecule has 2 rings (SSSR count). The van der Waals surface area contributed by atoms with Crippen LogP contribution in [0.2, 0.25) is 0 Å². The van der Waals surface area contributed by atoms with E-state index in [2.05, 4.69) is 17.5 Å². The molecule has 0 saturated carbocycles. The van der Waals surface area contributed by atoms with Gasteiger partial charge in [-0.15, -0.1) is 0 Å². The quantitative estimate of drug-likeness (QED) is 0.583. The summed E-state index contributed by atoms with van der Waals surface area (Å²) in [7, 11) is 0. The van der Waals surface area contributed by atoms with Crippen LogP contribution >= 0.6 is 0 Å². The highest BCUT2D eigenvalue weighted by atomic mass is 14.9. The van der Waals surface area contributed by atoms with Crippen LogP contribution in [0.15, 0.2) is 23.4 Å². The van der Waals surface area contributed by atoms with Crippen LogP contribution in [0, 0.1) is 0 Å². The van der Waals surface area contributed by atoms with Gasteiger partial charge in [-0.3, -0.25) is 0 Å². The second-order valence-corrected chi connectivity index (χ2v) is 3.26. The van der Waals surface area contributed by atoms with Gasteiger partial charge in [0.2, 0.25) is 0 Å². The van der Waals surface area contributed by atoms with Crippen LogP contribution in [-0.2, 0) is 0 Å². The molecule has 0 bridgehead atoms. The van der Waals surface area contributed by atoms with E-state index in [1.54, 1.807) is 0 Å². The Labute approximate surface area is 67.2 Å². The lowest BCUT2D eigenvalue weighted by atomic mass is 9.92. The minimum atomic E-state index is 0.402. The fourth-order valence-electron chi connectivity index (χ4n) is 1.55. The van der Waals surface area contributed by atoms with Crippen molar-refractivity contribution in [1.29, 1.82) is 0 Å². The maximum absolute atomic E-state index is 5.77. The van der Waals surface area contributed by atoms with Gasteiger partial charge in [-0.1, -0.05) is 6.08 Å². The van der Waals surface area contributed by atoms with Crippen LogP contribution < -0.4 is 11.1 Å². The second-order valence-electron chi connectivity index (χ2n) is 3.26. The fourth-order valence-corrected chi connectivity index (χ4v) is 1.55. The third-order valence-corrected chi connectivity index (χ3v) is 2.40. The second kappa shape index (κ2) is 2.70. The van der Waals surface area contributed by atoms with Gasteiger partial charge < -0.3 is 11.1 Å². The third kappa shape index (κ3) is 1.31. The largest absolute Gasteiger partial charge is 0.381 e. The average Bonchev–Trinajstić information content (AvgIpc) is 1.90. The van der Waals surface area contributed by atoms with Crippen molar-refractivity contribution < 1.29 is 0 Å². The van der Waals surface area contributed by atoms with E-state index in [9.17, 15) is 0 Å². The Bertz CT molecular complexity index is 216. The minimum Gasteiger partial charge on any atom is -0.381 e. The van der Waals surface area contributed by atoms with Crippen LogP contribution in [0.25, 0.3) is 0 Å². The molecule has 1 atom stereocenters. The zero-order valence-corrected chi connectivity index (χ0v) is 6.64. The summed E-state index contributed by atoms with van der Waals surface area (Å²) in [4.78, 5) is 0. The molecule has 11 heavy (non-hydrogen) atoms. The molecular weight excluding hydrogens is 136 g/mol. The van der Waals surface area contributed by atoms with Crippen molar-refractivity contribution in [2.24, 2.45) is 5.73 Å². The highest BCUT2D eigenvalue weighted by molar-refractivity contribution is 5.35. The summed E-state index contributed by atoms with van der Waals surface area (Å²) in [6.45, 7) is 1.04. The van der Waals surface area contributed by atoms with Crippen LogP contribution in [0.4, 0.5) is 0 Å². The van der Waals surface area contributed by atoms with E-state index in [-0.39, 0.29) is 0 Å². The molecule has 0 radical (unpaired) electrons. The van der Waals surface area contributed by atoms with Crippen molar-refractivity contribution in [2.75, 3.05) is 6.54 Å². The molecule has 0 fully saturated rings. The van der Waals surface area contributed by atoms with Crippen molar-refractivity contribution in [3.63, 3.8) is 0 Å². The van der Waals surface area contributed by atoms with E-state index in [0.29, 0.717) is 6.04 Å². The Kier molecular flexibility index (Phi) is 1.70. The van der Waals surface area contributed by atoms with E-state index < -0.39 is 0 Å². The SMILES string of the molecule is NC1CC=C(C2=CCN2)CC1. The van der Waals surface area contributed by atoms with Crippen molar-refractivity contribution >= 4 is 0 Å². The summed E-state index contributed by atoms with van der Waals surface area (Å²) in [5.41, 5.74) is 8.59. The number of hydrogen-bond donors (Lipinski definition) is 2. The highest BCUT2D eigenvalue weighted by Crippen LogP contribution is 2.23. The summed E-state index contributed by atoms with van der Waals surface area (Å²) in [6.07, 6.45) is 7.86. The van der Waals surface area contributed by atoms with Crippen LogP contribution in [-0.4, -0.2) is 12.6 Å². The van der Waals surface area contributed by atoms with Crippen LogP contribution in [0.1, 0.15) is 19.3 Å². The van der Waals surface area contributed by atoms with Gasteiger partial charge in [0.25, 0.3) is 0 Å². The van der Waals surface area contributed by atoms with Gasteiger partial charge in [0.05, 0.1) is 0 Å². The van der Waals surface area contributed by atoms with E-state index in [1.165, 1.54) is 11.3 Å². The monoisotopic (exact) mass is 150 g/mol. The lowest BCUT2D eigenvalue weighted by Gasteiger charge is -2.25. The van der Waals surface area contributed by atoms with Crippen molar-refractivity contribution in [3.05, 3.63) is 23.4 Å². The molecule has 0 aromatic carbocycles. The molecule has 0 spiro atoms. The highest BCUT2D eigenvalue weighted by Gasteiger charge is 2.15. The standard InChI is InChI=1S/C9H14N2/c10-8-3-1-7(2-4-8)9-5-6-11-9/h1,5,8,11H,2-4,6,10H2. The lowest BCUT2D eigenvalue weighted by molar-refractivity contribution is 0.584. The molecular formula is C9H14N2. The molecule has 0 aromatic rings. The number of nitrogens with one attached hydrogen (secondary N) is 1. The Morgan fingerprint density at radius 2 is 2.27 bits per heavy atom. The molecule has 60 valence electrons. The number of rotatable bonds is 1. The number of nitrogens with two attached hydrogens (primary N) is 1. The molecule has 1 aliphatic heterocycles. The maximum atomic E-state index is 5.77. The lowest BCUT2D eigenvalue weighted by Crippen LogP contribution is -2.28. The van der Waals surface area contributed by atoms with Crippen molar-refractivity contribution in [1.82, 2.24) is 5.32 Å². The molecule has 2 aliphatic rings. The summed E-state index contributed by atoms with van der Waals surface area (Å²) < 4.78 is 0. The molecule has 1 heterocycles. The Morgan fingerprint density at radius 3 is 2.73 bits per heavy atom. The van der Waals surface area contributed by atoms with Gasteiger partial charge in [0.15, 0.2) is 0 Å². The predicted molar refractivity (Wildman–Crippen MR) is 46.0 cm³/mol.